The van der Waals surface area contributed by atoms with Gasteiger partial charge in [-0.25, -0.2) is 0 Å². The summed E-state index contributed by atoms with van der Waals surface area (Å²) in [4.78, 5) is 8.55. The van der Waals surface area contributed by atoms with E-state index in [4.69, 9.17) is 4.52 Å². The normalized spacial score (nSPS) is 11.4. The van der Waals surface area contributed by atoms with Crippen LogP contribution >= 0.6 is 0 Å². The molecule has 0 aliphatic rings. The molecule has 0 saturated heterocycles. The van der Waals surface area contributed by atoms with E-state index in [1.165, 1.54) is 10.9 Å². The van der Waals surface area contributed by atoms with Crippen molar-refractivity contribution in [3.05, 3.63) is 55.0 Å². The molecule has 0 bridgehead atoms. The van der Waals surface area contributed by atoms with Crippen LogP contribution in [0.4, 0.5) is 0 Å². The number of rotatable bonds is 3. The number of nitrogens with zero attached hydrogens (tertiary/aromatic N) is 4. The van der Waals surface area contributed by atoms with Gasteiger partial charge in [0.2, 0.25) is 5.82 Å². The standard InChI is InChI=1S/C18H16N4O/c1-12(2)22-9-7-13-10-14(5-6-16(13)22)17-20-18(23-21-17)15-4-3-8-19-11-15/h3-12H,1-2H3. The lowest BCUT2D eigenvalue weighted by atomic mass is 10.1. The molecule has 0 fully saturated rings. The fraction of sp³-hybridized carbons (Fsp3) is 0.167. The fourth-order valence-corrected chi connectivity index (χ4v) is 2.70. The third-order valence-corrected chi connectivity index (χ3v) is 3.87. The molecule has 0 aliphatic carbocycles. The van der Waals surface area contributed by atoms with Crippen LogP contribution in [-0.2, 0) is 0 Å². The molecule has 3 aromatic heterocycles. The van der Waals surface area contributed by atoms with Gasteiger partial charge in [0, 0.05) is 41.1 Å². The second-order valence-corrected chi connectivity index (χ2v) is 5.76. The molecule has 0 N–H and O–H groups in total. The molecule has 0 amide bonds. The Labute approximate surface area is 133 Å². The summed E-state index contributed by atoms with van der Waals surface area (Å²) >= 11 is 0. The molecule has 0 saturated carbocycles. The van der Waals surface area contributed by atoms with Crippen LogP contribution in [-0.4, -0.2) is 19.7 Å². The number of hydrogen-bond donors (Lipinski definition) is 0. The van der Waals surface area contributed by atoms with Crippen LogP contribution in [0.2, 0.25) is 0 Å². The molecule has 23 heavy (non-hydrogen) atoms. The minimum absolute atomic E-state index is 0.431. The second-order valence-electron chi connectivity index (χ2n) is 5.76. The summed E-state index contributed by atoms with van der Waals surface area (Å²) in [6.07, 6.45) is 5.54. The van der Waals surface area contributed by atoms with Crippen molar-refractivity contribution in [3.63, 3.8) is 0 Å². The van der Waals surface area contributed by atoms with Gasteiger partial charge in [-0.15, -0.1) is 0 Å². The van der Waals surface area contributed by atoms with Gasteiger partial charge in [0.05, 0.1) is 5.56 Å². The van der Waals surface area contributed by atoms with Gasteiger partial charge in [-0.05, 0) is 50.2 Å². The van der Waals surface area contributed by atoms with Crippen LogP contribution in [0.1, 0.15) is 19.9 Å². The van der Waals surface area contributed by atoms with Crippen molar-refractivity contribution in [1.82, 2.24) is 19.7 Å². The molecule has 1 aromatic carbocycles. The molecule has 0 atom stereocenters. The lowest BCUT2D eigenvalue weighted by Crippen LogP contribution is -1.97. The van der Waals surface area contributed by atoms with Crippen molar-refractivity contribution in [2.24, 2.45) is 0 Å². The van der Waals surface area contributed by atoms with Crippen molar-refractivity contribution in [2.75, 3.05) is 0 Å². The van der Waals surface area contributed by atoms with E-state index >= 15 is 0 Å². The predicted octanol–water partition coefficient (Wildman–Crippen LogP) is 4.33. The van der Waals surface area contributed by atoms with Crippen LogP contribution in [0.25, 0.3) is 33.7 Å². The fourth-order valence-electron chi connectivity index (χ4n) is 2.70. The molecule has 0 aliphatic heterocycles. The zero-order valence-corrected chi connectivity index (χ0v) is 13.0. The molecular weight excluding hydrogens is 288 g/mol. The average molecular weight is 304 g/mol. The van der Waals surface area contributed by atoms with Gasteiger partial charge in [0.1, 0.15) is 0 Å². The Bertz CT molecular complexity index is 953. The minimum atomic E-state index is 0.431. The summed E-state index contributed by atoms with van der Waals surface area (Å²) in [6, 6.07) is 12.5. The lowest BCUT2D eigenvalue weighted by Gasteiger charge is -2.09. The quantitative estimate of drug-likeness (QED) is 0.565. The second kappa shape index (κ2) is 5.35. The van der Waals surface area contributed by atoms with E-state index in [1.54, 1.807) is 12.4 Å². The summed E-state index contributed by atoms with van der Waals surface area (Å²) in [5, 5.41) is 5.26. The molecule has 5 nitrogen and oxygen atoms in total. The van der Waals surface area contributed by atoms with Crippen LogP contribution in [0.15, 0.2) is 59.5 Å². The molecule has 0 spiro atoms. The molecule has 4 rings (SSSR count). The monoisotopic (exact) mass is 304 g/mol. The Morgan fingerprint density at radius 3 is 2.78 bits per heavy atom. The van der Waals surface area contributed by atoms with Gasteiger partial charge in [0.25, 0.3) is 5.89 Å². The van der Waals surface area contributed by atoms with Crippen molar-refractivity contribution >= 4 is 10.9 Å². The first-order valence-corrected chi connectivity index (χ1v) is 7.57. The van der Waals surface area contributed by atoms with Crippen molar-refractivity contribution in [3.8, 4) is 22.8 Å². The zero-order chi connectivity index (χ0) is 15.8. The van der Waals surface area contributed by atoms with Crippen LogP contribution in [0.5, 0.6) is 0 Å². The first-order chi connectivity index (χ1) is 11.2. The van der Waals surface area contributed by atoms with Crippen molar-refractivity contribution < 1.29 is 4.52 Å². The van der Waals surface area contributed by atoms with Gasteiger partial charge < -0.3 is 9.09 Å². The SMILES string of the molecule is CC(C)n1ccc2cc(-c3noc(-c4cccnc4)n3)ccc21. The Kier molecular flexibility index (Phi) is 3.19. The smallest absolute Gasteiger partial charge is 0.259 e. The lowest BCUT2D eigenvalue weighted by molar-refractivity contribution is 0.432. The third kappa shape index (κ3) is 2.40. The van der Waals surface area contributed by atoms with Gasteiger partial charge in [-0.2, -0.15) is 4.98 Å². The summed E-state index contributed by atoms with van der Waals surface area (Å²) < 4.78 is 7.60. The van der Waals surface area contributed by atoms with Gasteiger partial charge in [-0.1, -0.05) is 5.16 Å². The third-order valence-electron chi connectivity index (χ3n) is 3.87. The highest BCUT2D eigenvalue weighted by Crippen LogP contribution is 2.27. The molecule has 0 radical (unpaired) electrons. The van der Waals surface area contributed by atoms with Gasteiger partial charge in [0.15, 0.2) is 0 Å². The number of fused-ring (bicyclic) bond motifs is 1. The van der Waals surface area contributed by atoms with Crippen molar-refractivity contribution in [1.29, 1.82) is 0 Å². The summed E-state index contributed by atoms with van der Waals surface area (Å²) in [6.45, 7) is 4.35. The maximum absolute atomic E-state index is 5.35. The van der Waals surface area contributed by atoms with E-state index in [0.29, 0.717) is 17.8 Å². The Morgan fingerprint density at radius 1 is 1.09 bits per heavy atom. The Hall–Kier alpha value is -2.95. The predicted molar refractivity (Wildman–Crippen MR) is 88.8 cm³/mol. The van der Waals surface area contributed by atoms with Crippen LogP contribution < -0.4 is 0 Å². The summed E-state index contributed by atoms with van der Waals surface area (Å²) in [5.41, 5.74) is 2.97. The van der Waals surface area contributed by atoms with Crippen LogP contribution in [0.3, 0.4) is 0 Å². The zero-order valence-electron chi connectivity index (χ0n) is 13.0. The highest BCUT2D eigenvalue weighted by molar-refractivity contribution is 5.84. The van der Waals surface area contributed by atoms with E-state index in [1.807, 2.05) is 18.2 Å². The first kappa shape index (κ1) is 13.7. The highest BCUT2D eigenvalue weighted by Gasteiger charge is 2.12. The van der Waals surface area contributed by atoms with E-state index < -0.39 is 0 Å². The number of benzene rings is 1. The van der Waals surface area contributed by atoms with E-state index in [9.17, 15) is 0 Å². The number of hydrogen-bond acceptors (Lipinski definition) is 4. The van der Waals surface area contributed by atoms with E-state index in [0.717, 1.165) is 11.1 Å². The number of aromatic nitrogens is 4. The molecule has 114 valence electrons. The molecular formula is C18H16N4O. The Morgan fingerprint density at radius 2 is 2.00 bits per heavy atom. The van der Waals surface area contributed by atoms with Gasteiger partial charge >= 0.3 is 0 Å². The number of pyridine rings is 1. The van der Waals surface area contributed by atoms with E-state index in [-0.39, 0.29) is 0 Å². The topological polar surface area (TPSA) is 56.7 Å². The van der Waals surface area contributed by atoms with E-state index in [2.05, 4.69) is 57.9 Å². The molecule has 3 heterocycles. The minimum Gasteiger partial charge on any atom is -0.345 e. The molecule has 0 unspecified atom stereocenters. The molecule has 5 heteroatoms. The van der Waals surface area contributed by atoms with Crippen LogP contribution in [0, 0.1) is 0 Å². The molecule has 4 aromatic rings. The first-order valence-electron chi connectivity index (χ1n) is 7.57. The summed E-state index contributed by atoms with van der Waals surface area (Å²) in [5.74, 6) is 1.07. The largest absolute Gasteiger partial charge is 0.345 e. The maximum Gasteiger partial charge on any atom is 0.259 e. The van der Waals surface area contributed by atoms with Crippen molar-refractivity contribution in [2.45, 2.75) is 19.9 Å². The maximum atomic E-state index is 5.35. The highest BCUT2D eigenvalue weighted by atomic mass is 16.5. The van der Waals surface area contributed by atoms with Gasteiger partial charge in [-0.3, -0.25) is 4.98 Å². The average Bonchev–Trinajstić information content (AvgIpc) is 3.22. The summed E-state index contributed by atoms with van der Waals surface area (Å²) in [7, 11) is 0. The Balaban J connectivity index is 1.74.